The molecule has 0 aliphatic carbocycles. The Morgan fingerprint density at radius 2 is 1.86 bits per heavy atom. The molecule has 1 amide bonds. The number of hydrogen-bond acceptors (Lipinski definition) is 8. The summed E-state index contributed by atoms with van der Waals surface area (Å²) in [5.41, 5.74) is 5.99. The third kappa shape index (κ3) is 6.88. The van der Waals surface area contributed by atoms with Crippen LogP contribution in [0.25, 0.3) is 5.65 Å². The van der Waals surface area contributed by atoms with E-state index in [1.54, 1.807) is 35.2 Å². The van der Waals surface area contributed by atoms with Crippen LogP contribution in [0.1, 0.15) is 11.3 Å². The zero-order chi connectivity index (χ0) is 30.7. The summed E-state index contributed by atoms with van der Waals surface area (Å²) in [4.78, 5) is 21.0. The molecule has 0 radical (unpaired) electrons. The fraction of sp³-hybridized carbons (Fsp3) is 0.321. The van der Waals surface area contributed by atoms with E-state index in [0.717, 1.165) is 28.4 Å². The second-order valence-electron chi connectivity index (χ2n) is 9.84. The molecule has 5 rings (SSSR count). The quantitative estimate of drug-likeness (QED) is 0.216. The van der Waals surface area contributed by atoms with Crippen LogP contribution in [-0.2, 0) is 22.5 Å². The average molecular weight is 606 g/mol. The summed E-state index contributed by atoms with van der Waals surface area (Å²) in [7, 11) is 1.51. The molecule has 1 fully saturated rings. The smallest absolute Gasteiger partial charge is 0.394 e. The molecule has 4 aromatic rings. The molecule has 0 unspecified atom stereocenters. The number of nitrogen functional groups attached to an aromatic ring is 1. The van der Waals surface area contributed by atoms with E-state index in [2.05, 4.69) is 15.4 Å². The van der Waals surface area contributed by atoms with Gasteiger partial charge in [0.05, 0.1) is 56.6 Å². The normalized spacial score (nSPS) is 13.8. The summed E-state index contributed by atoms with van der Waals surface area (Å²) in [5.74, 6) is -2.32. The number of amides is 1. The van der Waals surface area contributed by atoms with E-state index in [0.29, 0.717) is 43.6 Å². The van der Waals surface area contributed by atoms with Crippen molar-refractivity contribution in [1.29, 1.82) is 0 Å². The van der Waals surface area contributed by atoms with Gasteiger partial charge in [-0.25, -0.2) is 18.3 Å². The molecular weight excluding hydrogens is 577 g/mol. The largest absolute Gasteiger partial charge is 0.497 e. The number of halogens is 5. The standard InChI is InChI=1S/C28H28F5N7O3/c1-42-19-4-2-17(3-5-19)15-39(16-24(41)36-26-21(34)7-6-20(29)25(26)30)22-12-23(38-8-10-43-11-9-38)37-40-18(13-28(31,32)33)14-35-27(22)40/h2-7,12,14H,8-11,13,15-16,34H2,1H3,(H,36,41). The van der Waals surface area contributed by atoms with E-state index in [9.17, 15) is 26.7 Å². The van der Waals surface area contributed by atoms with Crippen LogP contribution in [0.2, 0.25) is 0 Å². The summed E-state index contributed by atoms with van der Waals surface area (Å²) in [6.07, 6.45) is -4.70. The Labute approximate surface area is 242 Å². The van der Waals surface area contributed by atoms with E-state index in [1.165, 1.54) is 7.11 Å². The summed E-state index contributed by atoms with van der Waals surface area (Å²) in [6, 6.07) is 10.6. The lowest BCUT2D eigenvalue weighted by Crippen LogP contribution is -2.38. The molecular formula is C28H28F5N7O3. The molecule has 0 bridgehead atoms. The van der Waals surface area contributed by atoms with Crippen LogP contribution in [0, 0.1) is 11.6 Å². The minimum absolute atomic E-state index is 0.0778. The van der Waals surface area contributed by atoms with E-state index in [1.807, 2.05) is 4.90 Å². The van der Waals surface area contributed by atoms with Crippen LogP contribution in [0.3, 0.4) is 0 Å². The maximum absolute atomic E-state index is 14.5. The van der Waals surface area contributed by atoms with Crippen molar-refractivity contribution in [2.45, 2.75) is 19.1 Å². The first kappa shape index (κ1) is 29.8. The van der Waals surface area contributed by atoms with Crippen molar-refractivity contribution >= 4 is 34.4 Å². The molecule has 2 aromatic heterocycles. The van der Waals surface area contributed by atoms with Gasteiger partial charge in [0.1, 0.15) is 11.4 Å². The molecule has 1 aliphatic rings. The number of alkyl halides is 3. The van der Waals surface area contributed by atoms with Crippen LogP contribution >= 0.6 is 0 Å². The number of hydrogen-bond donors (Lipinski definition) is 2. The number of rotatable bonds is 9. The van der Waals surface area contributed by atoms with Gasteiger partial charge in [-0.1, -0.05) is 12.1 Å². The number of imidazole rings is 1. The number of methoxy groups -OCH3 is 1. The van der Waals surface area contributed by atoms with Gasteiger partial charge in [0, 0.05) is 25.7 Å². The number of nitrogens with zero attached hydrogens (tertiary/aromatic N) is 5. The third-order valence-corrected chi connectivity index (χ3v) is 6.82. The number of morpholine rings is 1. The first-order valence-electron chi connectivity index (χ1n) is 13.2. The molecule has 15 heteroatoms. The molecule has 228 valence electrons. The summed E-state index contributed by atoms with van der Waals surface area (Å²) >= 11 is 0. The Hall–Kier alpha value is -4.66. The highest BCUT2D eigenvalue weighted by molar-refractivity contribution is 5.97. The maximum Gasteiger partial charge on any atom is 0.394 e. The molecule has 0 atom stereocenters. The molecule has 10 nitrogen and oxygen atoms in total. The van der Waals surface area contributed by atoms with Gasteiger partial charge in [0.25, 0.3) is 0 Å². The van der Waals surface area contributed by atoms with Crippen molar-refractivity contribution in [1.82, 2.24) is 14.6 Å². The summed E-state index contributed by atoms with van der Waals surface area (Å²) in [5, 5.41) is 6.80. The van der Waals surface area contributed by atoms with Gasteiger partial charge < -0.3 is 30.3 Å². The molecule has 3 N–H and O–H groups in total. The Morgan fingerprint density at radius 3 is 2.53 bits per heavy atom. The van der Waals surface area contributed by atoms with Crippen molar-refractivity contribution in [2.24, 2.45) is 0 Å². The second kappa shape index (κ2) is 12.3. The highest BCUT2D eigenvalue weighted by Crippen LogP contribution is 2.31. The first-order valence-corrected chi connectivity index (χ1v) is 13.2. The zero-order valence-corrected chi connectivity index (χ0v) is 23.0. The van der Waals surface area contributed by atoms with E-state index >= 15 is 0 Å². The van der Waals surface area contributed by atoms with E-state index < -0.39 is 42.4 Å². The van der Waals surface area contributed by atoms with Crippen molar-refractivity contribution in [3.8, 4) is 5.75 Å². The fourth-order valence-electron chi connectivity index (χ4n) is 4.71. The number of anilines is 4. The van der Waals surface area contributed by atoms with Crippen molar-refractivity contribution < 1.29 is 36.2 Å². The minimum Gasteiger partial charge on any atom is -0.497 e. The molecule has 2 aromatic carbocycles. The van der Waals surface area contributed by atoms with Gasteiger partial charge in [-0.3, -0.25) is 4.79 Å². The highest BCUT2D eigenvalue weighted by atomic mass is 19.4. The lowest BCUT2D eigenvalue weighted by atomic mass is 10.2. The average Bonchev–Trinajstić information content (AvgIpc) is 3.38. The molecule has 1 aliphatic heterocycles. The molecule has 1 saturated heterocycles. The highest BCUT2D eigenvalue weighted by Gasteiger charge is 2.31. The monoisotopic (exact) mass is 605 g/mol. The van der Waals surface area contributed by atoms with Crippen LogP contribution in [-0.4, -0.2) is 66.6 Å². The molecule has 0 spiro atoms. The lowest BCUT2D eigenvalue weighted by Gasteiger charge is -2.30. The predicted molar refractivity (Wildman–Crippen MR) is 149 cm³/mol. The predicted octanol–water partition coefficient (Wildman–Crippen LogP) is 4.19. The fourth-order valence-corrected chi connectivity index (χ4v) is 4.71. The van der Waals surface area contributed by atoms with Crippen LogP contribution in [0.4, 0.5) is 44.8 Å². The number of carbonyl (C=O) groups is 1. The van der Waals surface area contributed by atoms with Crippen molar-refractivity contribution in [3.05, 3.63) is 71.6 Å². The van der Waals surface area contributed by atoms with Gasteiger partial charge in [-0.05, 0) is 29.8 Å². The van der Waals surface area contributed by atoms with Gasteiger partial charge >= 0.3 is 6.18 Å². The Kier molecular flexibility index (Phi) is 8.52. The van der Waals surface area contributed by atoms with E-state index in [-0.39, 0.29) is 23.6 Å². The van der Waals surface area contributed by atoms with Crippen LogP contribution in [0.15, 0.2) is 48.7 Å². The summed E-state index contributed by atoms with van der Waals surface area (Å²) < 4.78 is 80.5. The number of fused-ring (bicyclic) bond motifs is 1. The number of aromatic nitrogens is 3. The first-order chi connectivity index (χ1) is 20.5. The SMILES string of the molecule is COc1ccc(CN(CC(=O)Nc2c(N)ccc(F)c2F)c2cc(N3CCOCC3)nn3c(CC(F)(F)F)cnc23)cc1. The van der Waals surface area contributed by atoms with Gasteiger partial charge in [0.2, 0.25) is 5.91 Å². The minimum atomic E-state index is -4.52. The van der Waals surface area contributed by atoms with Crippen LogP contribution < -0.4 is 25.6 Å². The molecule has 0 saturated carbocycles. The van der Waals surface area contributed by atoms with Crippen molar-refractivity contribution in [2.75, 3.05) is 60.8 Å². The Morgan fingerprint density at radius 1 is 1.14 bits per heavy atom. The maximum atomic E-state index is 14.5. The number of ether oxygens (including phenoxy) is 2. The van der Waals surface area contributed by atoms with Gasteiger partial charge in [-0.15, -0.1) is 5.10 Å². The van der Waals surface area contributed by atoms with Gasteiger partial charge in [-0.2, -0.15) is 13.2 Å². The van der Waals surface area contributed by atoms with Crippen LogP contribution in [0.5, 0.6) is 5.75 Å². The number of nitrogens with one attached hydrogen (secondary N) is 1. The summed E-state index contributed by atoms with van der Waals surface area (Å²) in [6.45, 7) is 1.34. The second-order valence-corrected chi connectivity index (χ2v) is 9.84. The Bertz CT molecular complexity index is 1610. The van der Waals surface area contributed by atoms with E-state index in [4.69, 9.17) is 15.2 Å². The topological polar surface area (TPSA) is 110 Å². The third-order valence-electron chi connectivity index (χ3n) is 6.82. The number of benzene rings is 2. The Balaban J connectivity index is 1.58. The number of nitrogens with two attached hydrogens (primary N) is 1. The van der Waals surface area contributed by atoms with Gasteiger partial charge in [0.15, 0.2) is 23.1 Å². The molecule has 43 heavy (non-hydrogen) atoms. The molecule has 3 heterocycles. The zero-order valence-electron chi connectivity index (χ0n) is 23.0. The lowest BCUT2D eigenvalue weighted by molar-refractivity contribution is -0.128. The number of carbonyl (C=O) groups excluding carboxylic acids is 1. The van der Waals surface area contributed by atoms with Crippen molar-refractivity contribution in [3.63, 3.8) is 0 Å².